The molecule has 3 aromatic rings. The van der Waals surface area contributed by atoms with Gasteiger partial charge >= 0.3 is 0 Å². The van der Waals surface area contributed by atoms with Crippen LogP contribution in [0.5, 0.6) is 11.5 Å². The number of Topliss-reactive ketones (excluding diaryl/α,β-unsaturated/α-hetero) is 1. The zero-order valence-electron chi connectivity index (χ0n) is 28.7. The lowest BCUT2D eigenvalue weighted by Crippen LogP contribution is -2.56. The maximum absolute atomic E-state index is 14.2. The predicted molar refractivity (Wildman–Crippen MR) is 200 cm³/mol. The molecule has 1 aliphatic rings. The molecule has 0 aromatic heterocycles. The third kappa shape index (κ3) is 9.81. The number of nitrogens with one attached hydrogen (secondary N) is 3. The number of amides is 4. The van der Waals surface area contributed by atoms with E-state index >= 15 is 0 Å². The average Bonchev–Trinajstić information content (AvgIpc) is 3.11. The van der Waals surface area contributed by atoms with Gasteiger partial charge in [0.1, 0.15) is 42.8 Å². The van der Waals surface area contributed by atoms with Gasteiger partial charge in [-0.1, -0.05) is 12.1 Å². The van der Waals surface area contributed by atoms with Crippen LogP contribution >= 0.6 is 22.6 Å². The molecule has 4 atom stereocenters. The highest BCUT2D eigenvalue weighted by Crippen LogP contribution is 2.40. The highest BCUT2D eigenvalue weighted by molar-refractivity contribution is 14.1. The number of hydrogen-bond acceptors (Lipinski definition) is 10. The van der Waals surface area contributed by atoms with Crippen LogP contribution in [0, 0.1) is 3.57 Å². The molecule has 0 spiro atoms. The van der Waals surface area contributed by atoms with Gasteiger partial charge in [-0.05, 0) is 103 Å². The van der Waals surface area contributed by atoms with Crippen LogP contribution in [-0.2, 0) is 25.6 Å². The molecule has 4 bridgehead atoms. The Morgan fingerprint density at radius 2 is 1.51 bits per heavy atom. The number of rotatable bonds is 12. The second kappa shape index (κ2) is 18.1. The van der Waals surface area contributed by atoms with E-state index in [0.717, 1.165) is 3.57 Å². The Morgan fingerprint density at radius 1 is 0.902 bits per heavy atom. The summed E-state index contributed by atoms with van der Waals surface area (Å²) in [6, 6.07) is 12.7. The first kappa shape index (κ1) is 39.2. The Hall–Kier alpha value is -4.58. The number of fused-ring (bicyclic) bond motifs is 5. The van der Waals surface area contributed by atoms with Crippen LogP contribution < -0.4 is 42.6 Å². The fraction of sp³-hybridized carbons (Fsp3) is 0.361. The third-order valence-electron chi connectivity index (χ3n) is 8.33. The molecular weight excluding hydrogens is 769 g/mol. The van der Waals surface area contributed by atoms with Gasteiger partial charge in [0.05, 0.1) is 6.04 Å². The van der Waals surface area contributed by atoms with Crippen LogP contribution in [0.25, 0.3) is 11.1 Å². The Morgan fingerprint density at radius 3 is 2.10 bits per heavy atom. The number of carbonyl (C=O) groups excluding carboxylic acids is 5. The molecule has 3 aromatic carbocycles. The van der Waals surface area contributed by atoms with Crippen LogP contribution in [0.3, 0.4) is 0 Å². The molecule has 0 radical (unpaired) electrons. The molecule has 9 N–H and O–H groups in total. The summed E-state index contributed by atoms with van der Waals surface area (Å²) in [5.41, 5.74) is 20.0. The molecule has 4 amide bonds. The lowest BCUT2D eigenvalue weighted by Gasteiger charge is -2.32. The molecule has 4 rings (SSSR count). The van der Waals surface area contributed by atoms with Crippen molar-refractivity contribution in [2.75, 3.05) is 39.9 Å². The molecule has 0 fully saturated rings. The maximum Gasteiger partial charge on any atom is 0.251 e. The van der Waals surface area contributed by atoms with Crippen LogP contribution in [-0.4, -0.2) is 92.3 Å². The standard InChI is InChI=1S/C36H44IN7O7/c1-20-33(46)42-28(21(2)45)17-22-4-10-30(50-14-12-38)26(16-22)27-18-24(7-11-31(27)51-15-13-39)32(35(48)41-20)44(3)36(49)29(19-40)43-34(47)23-5-8-25(37)9-6-23/h4-11,16,18,20,28-29,32H,12-15,17,19,38-40H2,1-3H3,(H,41,48)(H,42,46)(H,43,47)/t20-,28-,29-,32-/m0/s1. The van der Waals surface area contributed by atoms with Crippen LogP contribution in [0.4, 0.5) is 0 Å². The fourth-order valence-electron chi connectivity index (χ4n) is 5.61. The van der Waals surface area contributed by atoms with Crippen LogP contribution in [0.1, 0.15) is 41.4 Å². The highest BCUT2D eigenvalue weighted by Gasteiger charge is 2.35. The summed E-state index contributed by atoms with van der Waals surface area (Å²) in [6.07, 6.45) is 0.166. The number of nitrogens with zero attached hydrogens (tertiary/aromatic N) is 1. The van der Waals surface area contributed by atoms with Crippen molar-refractivity contribution >= 4 is 52.0 Å². The third-order valence-corrected chi connectivity index (χ3v) is 9.05. The number of benzene rings is 3. The Balaban J connectivity index is 1.87. The fourth-order valence-corrected chi connectivity index (χ4v) is 5.97. The van der Waals surface area contributed by atoms with E-state index in [1.807, 2.05) is 6.07 Å². The average molecular weight is 814 g/mol. The van der Waals surface area contributed by atoms with Crippen molar-refractivity contribution < 1.29 is 33.4 Å². The van der Waals surface area contributed by atoms with Crippen molar-refractivity contribution in [2.24, 2.45) is 17.2 Å². The van der Waals surface area contributed by atoms with Crippen LogP contribution in [0.2, 0.25) is 0 Å². The van der Waals surface area contributed by atoms with Gasteiger partial charge in [-0.2, -0.15) is 0 Å². The number of carbonyl (C=O) groups is 5. The lowest BCUT2D eigenvalue weighted by atomic mass is 9.93. The summed E-state index contributed by atoms with van der Waals surface area (Å²) in [6.45, 7) is 3.45. The first-order chi connectivity index (χ1) is 24.4. The zero-order chi connectivity index (χ0) is 37.2. The highest BCUT2D eigenvalue weighted by atomic mass is 127. The van der Waals surface area contributed by atoms with Crippen molar-refractivity contribution in [3.63, 3.8) is 0 Å². The van der Waals surface area contributed by atoms with E-state index in [9.17, 15) is 24.0 Å². The topological polar surface area (TPSA) is 221 Å². The summed E-state index contributed by atoms with van der Waals surface area (Å²) in [7, 11) is 1.42. The van der Waals surface area contributed by atoms with E-state index in [0.29, 0.717) is 39.3 Å². The molecule has 51 heavy (non-hydrogen) atoms. The quantitative estimate of drug-likeness (QED) is 0.143. The van der Waals surface area contributed by atoms with Gasteiger partial charge < -0.3 is 47.5 Å². The Kier molecular flexibility index (Phi) is 13.9. The summed E-state index contributed by atoms with van der Waals surface area (Å²) in [5.74, 6) is -1.85. The second-order valence-corrected chi connectivity index (χ2v) is 13.3. The molecule has 14 nitrogen and oxygen atoms in total. The van der Waals surface area contributed by atoms with Gasteiger partial charge in [0, 0.05) is 46.9 Å². The molecule has 0 saturated carbocycles. The summed E-state index contributed by atoms with van der Waals surface area (Å²) in [4.78, 5) is 68.5. The van der Waals surface area contributed by atoms with Crippen molar-refractivity contribution in [2.45, 2.75) is 44.4 Å². The minimum absolute atomic E-state index is 0.166. The largest absolute Gasteiger partial charge is 0.492 e. The first-order valence-electron chi connectivity index (χ1n) is 16.5. The van der Waals surface area contributed by atoms with Crippen molar-refractivity contribution in [1.82, 2.24) is 20.9 Å². The smallest absolute Gasteiger partial charge is 0.251 e. The van der Waals surface area contributed by atoms with Gasteiger partial charge in [0.2, 0.25) is 17.7 Å². The SMILES string of the molecule is CC(=O)[C@@H]1Cc2ccc(OCCN)c(c2)-c2cc(ccc2OCCN)[C@H](N(C)C(=O)[C@H](CN)NC(=O)c2ccc(I)cc2)C(=O)N[C@@H](C)C(=O)N1. The molecule has 0 aliphatic carbocycles. The molecule has 0 saturated heterocycles. The Bertz CT molecular complexity index is 1750. The number of halogens is 1. The minimum Gasteiger partial charge on any atom is -0.492 e. The first-order valence-corrected chi connectivity index (χ1v) is 17.5. The van der Waals surface area contributed by atoms with Crippen molar-refractivity contribution in [1.29, 1.82) is 0 Å². The lowest BCUT2D eigenvalue weighted by molar-refractivity contribution is -0.141. The number of hydrogen-bond donors (Lipinski definition) is 6. The van der Waals surface area contributed by atoms with Crippen molar-refractivity contribution in [3.05, 3.63) is 80.9 Å². The second-order valence-electron chi connectivity index (χ2n) is 12.1. The summed E-state index contributed by atoms with van der Waals surface area (Å²) in [5, 5.41) is 8.12. The van der Waals surface area contributed by atoms with Crippen molar-refractivity contribution in [3.8, 4) is 22.6 Å². The molecule has 1 heterocycles. The van der Waals surface area contributed by atoms with E-state index < -0.39 is 47.8 Å². The monoisotopic (exact) mass is 813 g/mol. The Labute approximate surface area is 310 Å². The van der Waals surface area contributed by atoms with E-state index in [4.69, 9.17) is 26.7 Å². The van der Waals surface area contributed by atoms with Crippen LogP contribution in [0.15, 0.2) is 60.7 Å². The zero-order valence-corrected chi connectivity index (χ0v) is 30.9. The normalized spacial score (nSPS) is 18.0. The molecular formula is C36H44IN7O7. The number of ether oxygens (including phenoxy) is 2. The van der Waals surface area contributed by atoms with Gasteiger partial charge in [0.25, 0.3) is 5.91 Å². The number of nitrogens with two attached hydrogens (primary N) is 3. The van der Waals surface area contributed by atoms with E-state index in [1.54, 1.807) is 54.6 Å². The van der Waals surface area contributed by atoms with E-state index in [-0.39, 0.29) is 45.1 Å². The summed E-state index contributed by atoms with van der Waals surface area (Å²) < 4.78 is 13.0. The number of likely N-dealkylation sites (N-methyl/N-ethyl adjacent to an activating group) is 1. The maximum atomic E-state index is 14.2. The van der Waals surface area contributed by atoms with Gasteiger partial charge in [-0.15, -0.1) is 0 Å². The predicted octanol–water partition coefficient (Wildman–Crippen LogP) is 1.02. The molecule has 0 unspecified atom stereocenters. The van der Waals surface area contributed by atoms with E-state index in [2.05, 4.69) is 38.5 Å². The molecule has 15 heteroatoms. The molecule has 1 aliphatic heterocycles. The van der Waals surface area contributed by atoms with E-state index in [1.165, 1.54) is 25.8 Å². The minimum atomic E-state index is -1.32. The van der Waals surface area contributed by atoms with Gasteiger partial charge in [0.15, 0.2) is 5.78 Å². The van der Waals surface area contributed by atoms with Gasteiger partial charge in [-0.3, -0.25) is 24.0 Å². The summed E-state index contributed by atoms with van der Waals surface area (Å²) >= 11 is 2.12. The van der Waals surface area contributed by atoms with Gasteiger partial charge in [-0.25, -0.2) is 0 Å². The molecule has 272 valence electrons. The number of ketones is 1.